The van der Waals surface area contributed by atoms with Crippen molar-refractivity contribution < 1.29 is 30.0 Å². The van der Waals surface area contributed by atoms with Gasteiger partial charge in [-0.1, -0.05) is 6.92 Å². The Bertz CT molecular complexity index is 247. The zero-order chi connectivity index (χ0) is 13.4. The van der Waals surface area contributed by atoms with E-state index in [2.05, 4.69) is 5.32 Å². The summed E-state index contributed by atoms with van der Waals surface area (Å²) in [5.74, 6) is -0.436. The van der Waals surface area contributed by atoms with Crippen molar-refractivity contribution in [1.82, 2.24) is 5.32 Å². The first-order chi connectivity index (χ1) is 7.97. The predicted octanol–water partition coefficient (Wildman–Crippen LogP) is -2.45. The maximum Gasteiger partial charge on any atom is 0.220 e. The molecular weight excluding hydrogens is 230 g/mol. The molecule has 0 radical (unpaired) electrons. The van der Waals surface area contributed by atoms with Crippen LogP contribution in [-0.4, -0.2) is 63.6 Å². The summed E-state index contributed by atoms with van der Waals surface area (Å²) in [6.07, 6.45) is -3.92. The molecule has 5 N–H and O–H groups in total. The van der Waals surface area contributed by atoms with Crippen LogP contribution in [0.15, 0.2) is 0 Å². The number of aldehydes is 1. The summed E-state index contributed by atoms with van der Waals surface area (Å²) in [6.45, 7) is 1.02. The minimum atomic E-state index is -1.71. The van der Waals surface area contributed by atoms with Crippen molar-refractivity contribution in [3.8, 4) is 0 Å². The molecular formula is C10H19NO6. The number of hydrogen-bond acceptors (Lipinski definition) is 6. The Hall–Kier alpha value is -1.02. The second-order valence-electron chi connectivity index (χ2n) is 3.71. The van der Waals surface area contributed by atoms with Gasteiger partial charge < -0.3 is 30.5 Å². The third-order valence-corrected chi connectivity index (χ3v) is 2.25. The van der Waals surface area contributed by atoms with Crippen LogP contribution in [0.2, 0.25) is 0 Å². The minimum absolute atomic E-state index is 0.190. The molecule has 0 aliphatic carbocycles. The Labute approximate surface area is 99.1 Å². The lowest BCUT2D eigenvalue weighted by Crippen LogP contribution is -2.53. The molecule has 100 valence electrons. The van der Waals surface area contributed by atoms with Gasteiger partial charge in [0, 0.05) is 6.42 Å². The van der Waals surface area contributed by atoms with Crippen molar-refractivity contribution >= 4 is 12.2 Å². The van der Waals surface area contributed by atoms with E-state index in [4.69, 9.17) is 10.2 Å². The first kappa shape index (κ1) is 16.0. The van der Waals surface area contributed by atoms with Crippen molar-refractivity contribution in [2.75, 3.05) is 6.61 Å². The lowest BCUT2D eigenvalue weighted by molar-refractivity contribution is -0.131. The van der Waals surface area contributed by atoms with Crippen LogP contribution >= 0.6 is 0 Å². The number of nitrogens with one attached hydrogen (secondary N) is 1. The van der Waals surface area contributed by atoms with Gasteiger partial charge in [0.2, 0.25) is 5.91 Å². The molecule has 0 bridgehead atoms. The van der Waals surface area contributed by atoms with E-state index in [1.165, 1.54) is 0 Å². The maximum absolute atomic E-state index is 11.2. The molecule has 0 aromatic rings. The fourth-order valence-corrected chi connectivity index (χ4v) is 1.23. The second kappa shape index (κ2) is 8.13. The average molecular weight is 249 g/mol. The van der Waals surface area contributed by atoms with Crippen molar-refractivity contribution in [3.63, 3.8) is 0 Å². The third kappa shape index (κ3) is 5.22. The van der Waals surface area contributed by atoms with E-state index >= 15 is 0 Å². The smallest absolute Gasteiger partial charge is 0.220 e. The lowest BCUT2D eigenvalue weighted by Gasteiger charge is -2.26. The van der Waals surface area contributed by atoms with Gasteiger partial charge in [-0.05, 0) is 6.42 Å². The van der Waals surface area contributed by atoms with Gasteiger partial charge in [0.05, 0.1) is 6.61 Å². The average Bonchev–Trinajstić information content (AvgIpc) is 2.33. The number of amides is 1. The van der Waals surface area contributed by atoms with Crippen LogP contribution in [0.4, 0.5) is 0 Å². The summed E-state index contributed by atoms with van der Waals surface area (Å²) >= 11 is 0. The van der Waals surface area contributed by atoms with Crippen molar-refractivity contribution in [2.45, 2.75) is 44.1 Å². The molecule has 0 aromatic heterocycles. The van der Waals surface area contributed by atoms with Gasteiger partial charge in [0.1, 0.15) is 30.6 Å². The van der Waals surface area contributed by atoms with E-state index in [0.717, 1.165) is 0 Å². The Morgan fingerprint density at radius 2 is 1.88 bits per heavy atom. The fraction of sp³-hybridized carbons (Fsp3) is 0.800. The predicted molar refractivity (Wildman–Crippen MR) is 58.0 cm³/mol. The van der Waals surface area contributed by atoms with Gasteiger partial charge in [-0.25, -0.2) is 0 Å². The lowest BCUT2D eigenvalue weighted by atomic mass is 10.0. The first-order valence-electron chi connectivity index (χ1n) is 5.37. The third-order valence-electron chi connectivity index (χ3n) is 2.25. The molecule has 17 heavy (non-hydrogen) atoms. The van der Waals surface area contributed by atoms with Gasteiger partial charge in [0.15, 0.2) is 0 Å². The largest absolute Gasteiger partial charge is 0.394 e. The van der Waals surface area contributed by atoms with Crippen LogP contribution in [-0.2, 0) is 9.59 Å². The van der Waals surface area contributed by atoms with Crippen LogP contribution < -0.4 is 5.32 Å². The summed E-state index contributed by atoms with van der Waals surface area (Å²) in [5, 5.41) is 38.8. The zero-order valence-electron chi connectivity index (χ0n) is 9.61. The van der Waals surface area contributed by atoms with Crippen molar-refractivity contribution in [2.24, 2.45) is 0 Å². The van der Waals surface area contributed by atoms with Crippen LogP contribution in [0.1, 0.15) is 19.8 Å². The van der Waals surface area contributed by atoms with E-state index in [-0.39, 0.29) is 12.7 Å². The molecule has 7 nitrogen and oxygen atoms in total. The summed E-state index contributed by atoms with van der Waals surface area (Å²) < 4.78 is 0. The maximum atomic E-state index is 11.2. The molecule has 0 aliphatic rings. The number of carbonyl (C=O) groups is 2. The quantitative estimate of drug-likeness (QED) is 0.304. The molecule has 0 saturated carbocycles. The summed E-state index contributed by atoms with van der Waals surface area (Å²) in [7, 11) is 0. The fourth-order valence-electron chi connectivity index (χ4n) is 1.23. The topological polar surface area (TPSA) is 127 Å². The standard InChI is InChI=1S/C10H19NO6/c1-2-3-8(15)11-6(4-12)9(16)10(17)7(14)5-13/h4,6-7,9-10,13-14,16-17H,2-3,5H2,1H3,(H,11,15). The van der Waals surface area contributed by atoms with Gasteiger partial charge in [-0.15, -0.1) is 0 Å². The van der Waals surface area contributed by atoms with E-state index < -0.39 is 36.9 Å². The SMILES string of the molecule is CCCC(=O)NC(C=O)C(O)C(O)C(O)CO. The number of carbonyl (C=O) groups excluding carboxylic acids is 2. The first-order valence-corrected chi connectivity index (χ1v) is 5.37. The molecule has 0 aliphatic heterocycles. The Kier molecular flexibility index (Phi) is 7.64. The molecule has 0 heterocycles. The highest BCUT2D eigenvalue weighted by molar-refractivity contribution is 5.79. The molecule has 4 unspecified atom stereocenters. The molecule has 0 aromatic carbocycles. The highest BCUT2D eigenvalue weighted by Gasteiger charge is 2.31. The Morgan fingerprint density at radius 3 is 2.29 bits per heavy atom. The minimum Gasteiger partial charge on any atom is -0.394 e. The number of aliphatic hydroxyl groups is 4. The zero-order valence-corrected chi connectivity index (χ0v) is 9.61. The Morgan fingerprint density at radius 1 is 1.29 bits per heavy atom. The summed E-state index contributed by atoms with van der Waals surface area (Å²) in [4.78, 5) is 21.9. The highest BCUT2D eigenvalue weighted by Crippen LogP contribution is 2.04. The molecule has 0 rings (SSSR count). The van der Waals surface area contributed by atoms with Crippen LogP contribution in [0.25, 0.3) is 0 Å². The molecule has 0 fully saturated rings. The van der Waals surface area contributed by atoms with Crippen molar-refractivity contribution in [1.29, 1.82) is 0 Å². The van der Waals surface area contributed by atoms with E-state index in [9.17, 15) is 19.8 Å². The van der Waals surface area contributed by atoms with Gasteiger partial charge in [-0.2, -0.15) is 0 Å². The van der Waals surface area contributed by atoms with E-state index in [1.54, 1.807) is 6.92 Å². The number of hydrogen-bond donors (Lipinski definition) is 5. The number of aliphatic hydroxyl groups excluding tert-OH is 4. The van der Waals surface area contributed by atoms with E-state index in [1.807, 2.05) is 0 Å². The molecule has 0 saturated heterocycles. The molecule has 0 spiro atoms. The molecule has 7 heteroatoms. The van der Waals surface area contributed by atoms with Crippen LogP contribution in [0, 0.1) is 0 Å². The van der Waals surface area contributed by atoms with Gasteiger partial charge in [-0.3, -0.25) is 4.79 Å². The Balaban J connectivity index is 4.43. The normalized spacial score (nSPS) is 17.9. The van der Waals surface area contributed by atoms with Gasteiger partial charge in [0.25, 0.3) is 0 Å². The van der Waals surface area contributed by atoms with Crippen LogP contribution in [0.3, 0.4) is 0 Å². The van der Waals surface area contributed by atoms with Crippen molar-refractivity contribution in [3.05, 3.63) is 0 Å². The summed E-state index contributed by atoms with van der Waals surface area (Å²) in [5.41, 5.74) is 0. The van der Waals surface area contributed by atoms with Gasteiger partial charge >= 0.3 is 0 Å². The molecule has 4 atom stereocenters. The molecule has 1 amide bonds. The highest BCUT2D eigenvalue weighted by atomic mass is 16.4. The second-order valence-corrected chi connectivity index (χ2v) is 3.71. The summed E-state index contributed by atoms with van der Waals surface area (Å²) in [6, 6.07) is -1.31. The number of rotatable bonds is 8. The van der Waals surface area contributed by atoms with E-state index in [0.29, 0.717) is 6.42 Å². The monoisotopic (exact) mass is 249 g/mol. The van der Waals surface area contributed by atoms with Crippen LogP contribution in [0.5, 0.6) is 0 Å².